The Balaban J connectivity index is 0.000000211. The molecule has 6 nitrogen and oxygen atoms in total. The van der Waals surface area contributed by atoms with Crippen molar-refractivity contribution in [2.45, 2.75) is 33.3 Å². The zero-order valence-electron chi connectivity index (χ0n) is 20.9. The number of halogens is 2. The highest BCUT2D eigenvalue weighted by Crippen LogP contribution is 2.21. The number of rotatable bonds is 8. The predicted octanol–water partition coefficient (Wildman–Crippen LogP) is 6.46. The molecule has 0 saturated carbocycles. The van der Waals surface area contributed by atoms with Crippen molar-refractivity contribution in [3.8, 4) is 0 Å². The Morgan fingerprint density at radius 3 is 1.66 bits per heavy atom. The minimum absolute atomic E-state index is 0.0225. The highest BCUT2D eigenvalue weighted by Gasteiger charge is 2.12. The van der Waals surface area contributed by atoms with Gasteiger partial charge >= 0.3 is 0 Å². The summed E-state index contributed by atoms with van der Waals surface area (Å²) in [4.78, 5) is 42.9. The Hall–Kier alpha value is -3.33. The number of aliphatic hydroxyl groups is 1. The molecule has 194 valence electrons. The lowest BCUT2D eigenvalue weighted by atomic mass is 10.0. The largest absolute Gasteiger partial charge is 0.392 e. The molecule has 8 heteroatoms. The lowest BCUT2D eigenvalue weighted by Gasteiger charge is -2.07. The zero-order valence-corrected chi connectivity index (χ0v) is 24.1. The van der Waals surface area contributed by atoms with Gasteiger partial charge in [-0.25, -0.2) is 0 Å². The van der Waals surface area contributed by atoms with Gasteiger partial charge in [-0.3, -0.25) is 24.4 Å². The molecule has 2 aromatic carbocycles. The summed E-state index contributed by atoms with van der Waals surface area (Å²) < 4.78 is 1.99. The van der Waals surface area contributed by atoms with Gasteiger partial charge in [0.1, 0.15) is 11.4 Å². The van der Waals surface area contributed by atoms with Crippen LogP contribution in [0.15, 0.2) is 82.0 Å². The number of aliphatic hydroxyl groups excluding tert-OH is 1. The van der Waals surface area contributed by atoms with E-state index in [2.05, 4.69) is 41.8 Å². The van der Waals surface area contributed by atoms with Gasteiger partial charge in [-0.15, -0.1) is 0 Å². The molecule has 0 aliphatic rings. The van der Waals surface area contributed by atoms with Crippen molar-refractivity contribution in [3.05, 3.63) is 127 Å². The summed E-state index contributed by atoms with van der Waals surface area (Å²) in [6.45, 7) is 3.89. The molecule has 0 bridgehead atoms. The number of aldehydes is 1. The van der Waals surface area contributed by atoms with Gasteiger partial charge in [-0.1, -0.05) is 62.2 Å². The molecule has 4 aromatic rings. The number of carbonyl (C=O) groups is 3. The first-order valence-corrected chi connectivity index (χ1v) is 13.3. The third kappa shape index (κ3) is 7.84. The lowest BCUT2D eigenvalue weighted by Crippen LogP contribution is -2.07. The van der Waals surface area contributed by atoms with Crippen LogP contribution < -0.4 is 0 Å². The van der Waals surface area contributed by atoms with Crippen molar-refractivity contribution in [1.29, 1.82) is 0 Å². The molecule has 2 heterocycles. The van der Waals surface area contributed by atoms with Gasteiger partial charge in [0.25, 0.3) is 0 Å². The fraction of sp³-hybridized carbons (Fsp3) is 0.167. The maximum absolute atomic E-state index is 12.1. The van der Waals surface area contributed by atoms with Crippen molar-refractivity contribution in [2.24, 2.45) is 0 Å². The van der Waals surface area contributed by atoms with Gasteiger partial charge in [-0.2, -0.15) is 0 Å². The zero-order chi connectivity index (χ0) is 27.7. The Morgan fingerprint density at radius 2 is 1.26 bits per heavy atom. The van der Waals surface area contributed by atoms with Gasteiger partial charge in [0.2, 0.25) is 0 Å². The summed E-state index contributed by atoms with van der Waals surface area (Å²) in [7, 11) is 0. The van der Waals surface area contributed by atoms with Crippen LogP contribution in [-0.4, -0.2) is 32.9 Å². The molecule has 0 spiro atoms. The van der Waals surface area contributed by atoms with Crippen LogP contribution in [0.1, 0.15) is 59.2 Å². The minimum Gasteiger partial charge on any atom is -0.392 e. The molecule has 1 N–H and O–H groups in total. The van der Waals surface area contributed by atoms with Gasteiger partial charge < -0.3 is 5.11 Å². The molecule has 0 aliphatic carbocycles. The Bertz CT molecular complexity index is 1440. The van der Waals surface area contributed by atoms with E-state index in [0.717, 1.165) is 31.2 Å². The predicted molar refractivity (Wildman–Crippen MR) is 154 cm³/mol. The van der Waals surface area contributed by atoms with Crippen LogP contribution in [0.25, 0.3) is 0 Å². The summed E-state index contributed by atoms with van der Waals surface area (Å²) >= 11 is 6.90. The number of Topliss-reactive ketones (excluding diaryl/α,β-unsaturated/α-hetero) is 2. The number of aromatic nitrogens is 2. The molecule has 0 radical (unpaired) electrons. The highest BCUT2D eigenvalue weighted by atomic mass is 79.9. The Kier molecular flexibility index (Phi) is 10.8. The van der Waals surface area contributed by atoms with Crippen molar-refractivity contribution < 1.29 is 19.5 Å². The van der Waals surface area contributed by atoms with Crippen molar-refractivity contribution >= 4 is 49.7 Å². The van der Waals surface area contributed by atoms with E-state index in [1.54, 1.807) is 24.3 Å². The maximum Gasteiger partial charge on any atom is 0.185 e. The fourth-order valence-corrected chi connectivity index (χ4v) is 4.35. The van der Waals surface area contributed by atoms with Crippen LogP contribution >= 0.6 is 31.9 Å². The van der Waals surface area contributed by atoms with Crippen LogP contribution in [0.2, 0.25) is 0 Å². The molecule has 0 aliphatic heterocycles. The smallest absolute Gasteiger partial charge is 0.185 e. The minimum atomic E-state index is -0.0633. The number of nitrogens with zero attached hydrogens (tertiary/aromatic N) is 2. The molecule has 2 aromatic heterocycles. The lowest BCUT2D eigenvalue weighted by molar-refractivity contribution is 0.0980. The molecular weight excluding hydrogens is 612 g/mol. The average molecular weight is 638 g/mol. The molecule has 0 saturated heterocycles. The highest BCUT2D eigenvalue weighted by molar-refractivity contribution is 9.10. The number of hydrogen-bond donors (Lipinski definition) is 1. The van der Waals surface area contributed by atoms with E-state index in [0.29, 0.717) is 41.6 Å². The standard InChI is InChI=1S/C15H14BrNO2.C15H12BrNO2/c2*1-10-12(3-2-4-13(10)16)7-15(19)14-6-5-11(9-18)8-17-14/h2-6,8,18H,7,9H2,1H3;2-6,8-9H,7H2,1H3. The number of carbonyl (C=O) groups excluding carboxylic acids is 3. The number of pyridine rings is 2. The maximum atomic E-state index is 12.1. The summed E-state index contributed by atoms with van der Waals surface area (Å²) in [5.74, 6) is -0.0793. The fourth-order valence-electron chi connectivity index (χ4n) is 3.54. The van der Waals surface area contributed by atoms with Gasteiger partial charge in [0.15, 0.2) is 17.9 Å². The Labute approximate surface area is 238 Å². The van der Waals surface area contributed by atoms with E-state index < -0.39 is 0 Å². The van der Waals surface area contributed by atoms with Crippen LogP contribution in [-0.2, 0) is 19.4 Å². The van der Waals surface area contributed by atoms with E-state index in [4.69, 9.17) is 5.11 Å². The van der Waals surface area contributed by atoms with Gasteiger partial charge in [-0.05, 0) is 72.0 Å². The molecule has 4 rings (SSSR count). The van der Waals surface area contributed by atoms with Crippen LogP contribution in [0.5, 0.6) is 0 Å². The second-order valence-electron chi connectivity index (χ2n) is 8.55. The summed E-state index contributed by atoms with van der Waals surface area (Å²) in [5.41, 5.74) is 6.07. The van der Waals surface area contributed by atoms with E-state index in [9.17, 15) is 14.4 Å². The third-order valence-electron chi connectivity index (χ3n) is 5.96. The third-order valence-corrected chi connectivity index (χ3v) is 7.68. The topological polar surface area (TPSA) is 97.2 Å². The number of ketones is 2. The van der Waals surface area contributed by atoms with Gasteiger partial charge in [0.05, 0.1) is 6.61 Å². The van der Waals surface area contributed by atoms with Crippen LogP contribution in [0, 0.1) is 13.8 Å². The molecule has 0 unspecified atom stereocenters. The number of hydrogen-bond acceptors (Lipinski definition) is 6. The molecule has 0 fully saturated rings. The van der Waals surface area contributed by atoms with E-state index in [1.807, 2.05) is 50.2 Å². The quantitative estimate of drug-likeness (QED) is 0.176. The first-order valence-electron chi connectivity index (χ1n) is 11.7. The van der Waals surface area contributed by atoms with Crippen LogP contribution in [0.4, 0.5) is 0 Å². The van der Waals surface area contributed by atoms with Crippen molar-refractivity contribution in [3.63, 3.8) is 0 Å². The first kappa shape index (κ1) is 29.2. The van der Waals surface area contributed by atoms with E-state index in [-0.39, 0.29) is 18.2 Å². The second-order valence-corrected chi connectivity index (χ2v) is 10.3. The summed E-state index contributed by atoms with van der Waals surface area (Å²) in [6.07, 6.45) is 4.28. The second kappa shape index (κ2) is 14.0. The van der Waals surface area contributed by atoms with Crippen LogP contribution in [0.3, 0.4) is 0 Å². The summed E-state index contributed by atoms with van der Waals surface area (Å²) in [6, 6.07) is 18.1. The van der Waals surface area contributed by atoms with E-state index in [1.165, 1.54) is 12.4 Å². The normalized spacial score (nSPS) is 10.3. The number of benzene rings is 2. The Morgan fingerprint density at radius 1 is 0.763 bits per heavy atom. The molecule has 0 atom stereocenters. The molecular formula is C30H26Br2N2O4. The first-order chi connectivity index (χ1) is 18.2. The van der Waals surface area contributed by atoms with Crippen molar-refractivity contribution in [1.82, 2.24) is 9.97 Å². The monoisotopic (exact) mass is 636 g/mol. The van der Waals surface area contributed by atoms with Crippen molar-refractivity contribution in [2.75, 3.05) is 0 Å². The molecule has 38 heavy (non-hydrogen) atoms. The average Bonchev–Trinajstić information content (AvgIpc) is 2.94. The van der Waals surface area contributed by atoms with Gasteiger partial charge in [0, 0.05) is 39.7 Å². The SMILES string of the molecule is Cc1c(Br)cccc1CC(=O)c1ccc(C=O)cn1.Cc1c(Br)cccc1CC(=O)c1ccc(CO)cn1. The van der Waals surface area contributed by atoms with E-state index >= 15 is 0 Å². The summed E-state index contributed by atoms with van der Waals surface area (Å²) in [5, 5.41) is 8.94. The molecule has 0 amide bonds.